The van der Waals surface area contributed by atoms with Crippen molar-refractivity contribution in [1.82, 2.24) is 0 Å². The van der Waals surface area contributed by atoms with Gasteiger partial charge >= 0.3 is 41.8 Å². The van der Waals surface area contributed by atoms with E-state index in [2.05, 4.69) is 0 Å². The summed E-state index contributed by atoms with van der Waals surface area (Å²) in [5.74, 6) is -31.5. The predicted molar refractivity (Wildman–Crippen MR) is 209 cm³/mol. The topological polar surface area (TPSA) is 478 Å². The van der Waals surface area contributed by atoms with Crippen LogP contribution in [0.2, 0.25) is 0 Å². The van der Waals surface area contributed by atoms with Crippen molar-refractivity contribution < 1.29 is 139 Å². The average molecular weight is 971 g/mol. The number of aliphatic carboxylic acids is 2. The maximum absolute atomic E-state index is 14.5. The van der Waals surface area contributed by atoms with E-state index < -0.39 is 205 Å². The first-order chi connectivity index (χ1) is 32.3. The summed E-state index contributed by atoms with van der Waals surface area (Å²) >= 11 is 0. The molecule has 7 atom stereocenters. The number of carbonyl (C=O) groups excluding carboxylic acids is 5. The van der Waals surface area contributed by atoms with Gasteiger partial charge in [0.1, 0.15) is 12.7 Å². The van der Waals surface area contributed by atoms with E-state index in [1.54, 1.807) is 0 Å². The molecule has 15 N–H and O–H groups in total. The van der Waals surface area contributed by atoms with Crippen LogP contribution in [0.3, 0.4) is 0 Å². The zero-order valence-electron chi connectivity index (χ0n) is 33.7. The van der Waals surface area contributed by atoms with Crippen molar-refractivity contribution in [2.75, 3.05) is 6.61 Å². The van der Waals surface area contributed by atoms with Crippen LogP contribution < -0.4 is 0 Å². The standard InChI is InChI=1S/C41H30O28/c42-13-1-8(2-14(43)24(13)49)36(59)69-41-31(56)34-32(66-40(63)12(6-19(47)48)23-22-11(5-17(46)27(52)30(22)55)38(61)67-33(23)35(57)58)18(65-41)7-64-37(60)9-3-15(44)25(50)28(53)20(9)21-10(39(62)68-34)4-16(45)26(51)29(21)54/h1-6,18,23,31-34,41-46,49-56H,7H2,(H,47,48)(H,57,58)/b12-6-/t18-,23+,31-,32-,33+,34-,41+/m1/s1. The second kappa shape index (κ2) is 17.3. The summed E-state index contributed by atoms with van der Waals surface area (Å²) < 4.78 is 32.0. The number of aliphatic hydroxyl groups is 1. The molecule has 3 aliphatic heterocycles. The van der Waals surface area contributed by atoms with Crippen LogP contribution in [-0.4, -0.2) is 162 Å². The number of aliphatic hydroxyl groups excluding tert-OH is 1. The molecule has 7 rings (SSSR count). The Morgan fingerprint density at radius 3 is 1.62 bits per heavy atom. The predicted octanol–water partition coefficient (Wildman–Crippen LogP) is -0.210. The maximum atomic E-state index is 14.5. The van der Waals surface area contributed by atoms with Crippen molar-refractivity contribution in [3.05, 3.63) is 69.8 Å². The van der Waals surface area contributed by atoms with Gasteiger partial charge in [-0.3, -0.25) is 0 Å². The number of carboxylic acids is 2. The second-order valence-electron chi connectivity index (χ2n) is 14.8. The van der Waals surface area contributed by atoms with Crippen LogP contribution in [0.15, 0.2) is 42.0 Å². The second-order valence-corrected chi connectivity index (χ2v) is 14.8. The van der Waals surface area contributed by atoms with Crippen molar-refractivity contribution in [2.45, 2.75) is 42.7 Å². The number of rotatable bonds is 7. The van der Waals surface area contributed by atoms with E-state index in [4.69, 9.17) is 28.4 Å². The number of phenolic OH excluding ortho intramolecular Hbond substituents is 12. The van der Waals surface area contributed by atoms with Gasteiger partial charge in [0.05, 0.1) is 33.7 Å². The smallest absolute Gasteiger partial charge is 0.346 e. The Morgan fingerprint density at radius 2 is 1.09 bits per heavy atom. The summed E-state index contributed by atoms with van der Waals surface area (Å²) in [6.45, 7) is -1.39. The van der Waals surface area contributed by atoms with Gasteiger partial charge in [0.2, 0.25) is 29.6 Å². The zero-order chi connectivity index (χ0) is 50.8. The normalized spacial score (nSPS) is 22.1. The molecule has 0 unspecified atom stereocenters. The van der Waals surface area contributed by atoms with E-state index in [1.807, 2.05) is 0 Å². The van der Waals surface area contributed by atoms with Crippen LogP contribution in [0.1, 0.15) is 52.9 Å². The van der Waals surface area contributed by atoms with E-state index in [1.165, 1.54) is 0 Å². The number of hydrogen-bond donors (Lipinski definition) is 15. The monoisotopic (exact) mass is 970 g/mol. The minimum atomic E-state index is -2.71. The summed E-state index contributed by atoms with van der Waals surface area (Å²) in [6.07, 6.45) is -15.5. The van der Waals surface area contributed by atoms with E-state index in [-0.39, 0.29) is 6.08 Å². The summed E-state index contributed by atoms with van der Waals surface area (Å²) in [6, 6.07) is 2.27. The first-order valence-corrected chi connectivity index (χ1v) is 18.9. The number of carboxylic acid groups (broad SMARTS) is 2. The summed E-state index contributed by atoms with van der Waals surface area (Å²) in [7, 11) is 0. The van der Waals surface area contributed by atoms with E-state index in [0.29, 0.717) is 30.3 Å². The fourth-order valence-corrected chi connectivity index (χ4v) is 7.49. The number of aromatic hydroxyl groups is 12. The van der Waals surface area contributed by atoms with Crippen molar-refractivity contribution in [1.29, 1.82) is 0 Å². The Kier molecular flexibility index (Phi) is 11.9. The molecule has 0 aliphatic carbocycles. The molecule has 2 bridgehead atoms. The molecule has 0 spiro atoms. The third-order valence-electron chi connectivity index (χ3n) is 10.7. The minimum absolute atomic E-state index is 0.0453. The molecular weight excluding hydrogens is 940 g/mol. The van der Waals surface area contributed by atoms with E-state index in [9.17, 15) is 110 Å². The lowest BCUT2D eigenvalue weighted by Gasteiger charge is -2.43. The fourth-order valence-electron chi connectivity index (χ4n) is 7.49. The molecule has 4 aromatic rings. The molecule has 1 fully saturated rings. The van der Waals surface area contributed by atoms with Gasteiger partial charge in [-0.2, -0.15) is 0 Å². The van der Waals surface area contributed by atoms with Gasteiger partial charge < -0.3 is 105 Å². The van der Waals surface area contributed by atoms with Crippen LogP contribution in [0.4, 0.5) is 0 Å². The van der Waals surface area contributed by atoms with Crippen molar-refractivity contribution in [2.24, 2.45) is 0 Å². The average Bonchev–Trinajstić information content (AvgIpc) is 3.28. The Labute approximate surface area is 379 Å². The Hall–Kier alpha value is -9.57. The molecule has 0 aromatic heterocycles. The summed E-state index contributed by atoms with van der Waals surface area (Å²) in [5.41, 5.74) is -8.70. The Balaban J connectivity index is 1.41. The number of benzene rings is 4. The van der Waals surface area contributed by atoms with Crippen molar-refractivity contribution >= 4 is 41.8 Å². The molecule has 0 saturated carbocycles. The molecule has 3 aliphatic rings. The number of ether oxygens (including phenoxy) is 6. The van der Waals surface area contributed by atoms with Crippen molar-refractivity contribution in [3.8, 4) is 80.1 Å². The van der Waals surface area contributed by atoms with Gasteiger partial charge in [-0.15, -0.1) is 0 Å². The van der Waals surface area contributed by atoms with Crippen LogP contribution in [0.25, 0.3) is 11.1 Å². The van der Waals surface area contributed by atoms with Gasteiger partial charge in [-0.1, -0.05) is 0 Å². The van der Waals surface area contributed by atoms with Gasteiger partial charge in [0, 0.05) is 22.8 Å². The largest absolute Gasteiger partial charge is 0.504 e. The van der Waals surface area contributed by atoms with Crippen LogP contribution in [0, 0.1) is 0 Å². The number of esters is 5. The lowest BCUT2D eigenvalue weighted by molar-refractivity contribution is -0.287. The molecular formula is C41H30O28. The first kappa shape index (κ1) is 47.4. The third kappa shape index (κ3) is 8.11. The zero-order valence-corrected chi connectivity index (χ0v) is 33.7. The number of carbonyl (C=O) groups is 7. The lowest BCUT2D eigenvalue weighted by atomic mass is 9.80. The molecule has 4 aromatic carbocycles. The van der Waals surface area contributed by atoms with Crippen molar-refractivity contribution in [3.63, 3.8) is 0 Å². The molecule has 1 saturated heterocycles. The fraction of sp³-hybridized carbons (Fsp3) is 0.195. The van der Waals surface area contributed by atoms with Crippen LogP contribution >= 0.6 is 0 Å². The van der Waals surface area contributed by atoms with Crippen LogP contribution in [-0.2, 0) is 42.8 Å². The molecule has 362 valence electrons. The van der Waals surface area contributed by atoms with Gasteiger partial charge in [-0.05, 0) is 30.3 Å². The van der Waals surface area contributed by atoms with Gasteiger partial charge in [0.15, 0.2) is 70.1 Å². The number of fused-ring (bicyclic) bond motifs is 6. The highest BCUT2D eigenvalue weighted by atomic mass is 16.7. The number of hydrogen-bond acceptors (Lipinski definition) is 26. The van der Waals surface area contributed by atoms with Gasteiger partial charge in [-0.25, -0.2) is 33.6 Å². The molecule has 28 nitrogen and oxygen atoms in total. The lowest BCUT2D eigenvalue weighted by Crippen LogP contribution is -2.62. The highest BCUT2D eigenvalue weighted by Gasteiger charge is 2.54. The molecule has 3 heterocycles. The first-order valence-electron chi connectivity index (χ1n) is 18.9. The highest BCUT2D eigenvalue weighted by Crippen LogP contribution is 2.54. The maximum Gasteiger partial charge on any atom is 0.346 e. The summed E-state index contributed by atoms with van der Waals surface area (Å²) in [5, 5.41) is 157. The van der Waals surface area contributed by atoms with Gasteiger partial charge in [0.25, 0.3) is 0 Å². The number of phenols is 12. The molecule has 0 amide bonds. The van der Waals surface area contributed by atoms with E-state index in [0.717, 1.165) is 0 Å². The van der Waals surface area contributed by atoms with Crippen LogP contribution in [0.5, 0.6) is 69.0 Å². The Morgan fingerprint density at radius 1 is 0.594 bits per heavy atom. The Bertz CT molecular complexity index is 2950. The molecule has 69 heavy (non-hydrogen) atoms. The SMILES string of the molecule is O=C(O)/C=C(\C(=O)O[C@H]1[C@@H]2OC(=O)c3cc(O)c(O)c(O)c3-c3c(cc(O)c(O)c3O)C(=O)OC[C@H]1O[C@@H](OC(=O)c1cc(O)c(O)c(O)c1)[C@@H]2O)[C@H]1c2c(cc(O)c(O)c2O)C(=O)O[C@@H]1C(=O)O. The number of cyclic esters (lactones) is 2. The third-order valence-corrected chi connectivity index (χ3v) is 10.7. The van der Waals surface area contributed by atoms with E-state index >= 15 is 0 Å². The molecule has 28 heteroatoms. The minimum Gasteiger partial charge on any atom is -0.504 e. The quantitative estimate of drug-likeness (QED) is 0.0493. The highest BCUT2D eigenvalue weighted by molar-refractivity contribution is 6.09. The molecule has 0 radical (unpaired) electrons. The summed E-state index contributed by atoms with van der Waals surface area (Å²) in [4.78, 5) is 93.8.